The van der Waals surface area contributed by atoms with E-state index in [2.05, 4.69) is 27.2 Å². The van der Waals surface area contributed by atoms with Crippen molar-refractivity contribution in [2.45, 2.75) is 24.7 Å². The van der Waals surface area contributed by atoms with Gasteiger partial charge in [-0.1, -0.05) is 48.0 Å². The molecule has 27 heavy (non-hydrogen) atoms. The third-order valence-electron chi connectivity index (χ3n) is 4.14. The molecule has 0 aliphatic carbocycles. The van der Waals surface area contributed by atoms with Crippen LogP contribution in [-0.2, 0) is 16.4 Å². The molecule has 0 bridgehead atoms. The van der Waals surface area contributed by atoms with Crippen LogP contribution in [0.5, 0.6) is 0 Å². The van der Waals surface area contributed by atoms with Crippen LogP contribution in [0.15, 0.2) is 77.8 Å². The van der Waals surface area contributed by atoms with Crippen LogP contribution in [0.2, 0.25) is 0 Å². The van der Waals surface area contributed by atoms with Crippen LogP contribution in [0.25, 0.3) is 0 Å². The summed E-state index contributed by atoms with van der Waals surface area (Å²) in [7, 11) is -3.60. The fourth-order valence-corrected chi connectivity index (χ4v) is 3.69. The third-order valence-corrected chi connectivity index (χ3v) is 5.54. The summed E-state index contributed by atoms with van der Waals surface area (Å²) in [5.74, 6) is 0.723. The first-order chi connectivity index (χ1) is 13.0. The summed E-state index contributed by atoms with van der Waals surface area (Å²) in [6, 6.07) is 20.5. The van der Waals surface area contributed by atoms with E-state index in [1.807, 2.05) is 25.1 Å². The van der Waals surface area contributed by atoms with E-state index < -0.39 is 10.0 Å². The Morgan fingerprint density at radius 1 is 0.926 bits per heavy atom. The molecule has 5 nitrogen and oxygen atoms in total. The zero-order chi connectivity index (χ0) is 19.1. The summed E-state index contributed by atoms with van der Waals surface area (Å²) in [6.45, 7) is 2.72. The smallest absolute Gasteiger partial charge is 0.261 e. The number of benzene rings is 2. The van der Waals surface area contributed by atoms with Gasteiger partial charge in [0.05, 0.1) is 16.8 Å². The SMILES string of the molecule is Cc1ccc(S(=O)(=O)Nc2ccc(NCCCc3ccccc3)nc2)cc1. The summed E-state index contributed by atoms with van der Waals surface area (Å²) in [6.07, 6.45) is 3.51. The van der Waals surface area contributed by atoms with Crippen molar-refractivity contribution in [2.24, 2.45) is 0 Å². The average Bonchev–Trinajstić information content (AvgIpc) is 2.67. The highest BCUT2D eigenvalue weighted by Gasteiger charge is 2.13. The fourth-order valence-electron chi connectivity index (χ4n) is 2.64. The first-order valence-electron chi connectivity index (χ1n) is 8.86. The quantitative estimate of drug-likeness (QED) is 0.573. The van der Waals surface area contributed by atoms with Gasteiger partial charge in [-0.15, -0.1) is 0 Å². The van der Waals surface area contributed by atoms with Crippen LogP contribution in [0.4, 0.5) is 11.5 Å². The number of rotatable bonds is 8. The molecule has 0 unspecified atom stereocenters. The van der Waals surface area contributed by atoms with Gasteiger partial charge in [-0.2, -0.15) is 0 Å². The molecular formula is C21H23N3O2S. The molecule has 0 fully saturated rings. The summed E-state index contributed by atoms with van der Waals surface area (Å²) in [4.78, 5) is 4.51. The van der Waals surface area contributed by atoms with Gasteiger partial charge in [-0.25, -0.2) is 13.4 Å². The standard InChI is InChI=1S/C21H23N3O2S/c1-17-9-12-20(13-10-17)27(25,26)24-19-11-14-21(23-16-19)22-15-5-8-18-6-3-2-4-7-18/h2-4,6-7,9-14,16,24H,5,8,15H2,1H3,(H,22,23). The Balaban J connectivity index is 1.51. The lowest BCUT2D eigenvalue weighted by Crippen LogP contribution is -2.13. The largest absolute Gasteiger partial charge is 0.370 e. The maximum atomic E-state index is 12.4. The van der Waals surface area contributed by atoms with E-state index in [4.69, 9.17) is 0 Å². The van der Waals surface area contributed by atoms with Gasteiger partial charge in [0.15, 0.2) is 0 Å². The highest BCUT2D eigenvalue weighted by molar-refractivity contribution is 7.92. The topological polar surface area (TPSA) is 71.1 Å². The summed E-state index contributed by atoms with van der Waals surface area (Å²) >= 11 is 0. The van der Waals surface area contributed by atoms with Gasteiger partial charge in [0.25, 0.3) is 10.0 Å². The van der Waals surface area contributed by atoms with Crippen LogP contribution in [0, 0.1) is 6.92 Å². The number of nitrogens with one attached hydrogen (secondary N) is 2. The molecule has 3 rings (SSSR count). The Morgan fingerprint density at radius 2 is 1.67 bits per heavy atom. The molecule has 0 radical (unpaired) electrons. The number of pyridine rings is 1. The molecular weight excluding hydrogens is 358 g/mol. The first kappa shape index (κ1) is 18.9. The zero-order valence-corrected chi connectivity index (χ0v) is 16.0. The predicted octanol–water partition coefficient (Wildman–Crippen LogP) is 4.24. The third kappa shape index (κ3) is 5.56. The summed E-state index contributed by atoms with van der Waals surface area (Å²) in [5.41, 5.74) is 2.76. The van der Waals surface area contributed by atoms with Crippen molar-refractivity contribution >= 4 is 21.5 Å². The molecule has 0 atom stereocenters. The Morgan fingerprint density at radius 3 is 2.33 bits per heavy atom. The van der Waals surface area contributed by atoms with Crippen molar-refractivity contribution in [2.75, 3.05) is 16.6 Å². The van der Waals surface area contributed by atoms with E-state index in [0.717, 1.165) is 30.8 Å². The number of hydrogen-bond acceptors (Lipinski definition) is 4. The molecule has 0 aliphatic heterocycles. The van der Waals surface area contributed by atoms with Gasteiger partial charge in [0, 0.05) is 6.54 Å². The molecule has 3 aromatic rings. The van der Waals surface area contributed by atoms with Crippen molar-refractivity contribution < 1.29 is 8.42 Å². The minimum absolute atomic E-state index is 0.233. The van der Waals surface area contributed by atoms with Gasteiger partial charge < -0.3 is 5.32 Å². The molecule has 0 saturated heterocycles. The van der Waals surface area contributed by atoms with Gasteiger partial charge in [-0.3, -0.25) is 4.72 Å². The molecule has 140 valence electrons. The van der Waals surface area contributed by atoms with Gasteiger partial charge in [0.1, 0.15) is 5.82 Å². The highest BCUT2D eigenvalue weighted by Crippen LogP contribution is 2.17. The fraction of sp³-hybridized carbons (Fsp3) is 0.190. The van der Waals surface area contributed by atoms with Crippen molar-refractivity contribution in [3.8, 4) is 0 Å². The normalized spacial score (nSPS) is 11.1. The van der Waals surface area contributed by atoms with E-state index in [0.29, 0.717) is 5.69 Å². The Kier molecular flexibility index (Phi) is 6.08. The Bertz CT molecular complexity index is 955. The van der Waals surface area contributed by atoms with Crippen molar-refractivity contribution in [3.63, 3.8) is 0 Å². The molecule has 1 heterocycles. The maximum Gasteiger partial charge on any atom is 0.261 e. The number of aryl methyl sites for hydroxylation is 2. The van der Waals surface area contributed by atoms with E-state index in [1.165, 1.54) is 11.8 Å². The highest BCUT2D eigenvalue weighted by atomic mass is 32.2. The van der Waals surface area contributed by atoms with Crippen molar-refractivity contribution in [1.82, 2.24) is 4.98 Å². The predicted molar refractivity (Wildman–Crippen MR) is 109 cm³/mol. The van der Waals surface area contributed by atoms with Gasteiger partial charge in [0.2, 0.25) is 0 Å². The second-order valence-electron chi connectivity index (χ2n) is 6.37. The number of hydrogen-bond donors (Lipinski definition) is 2. The van der Waals surface area contributed by atoms with Crippen LogP contribution < -0.4 is 10.0 Å². The number of nitrogens with zero attached hydrogens (tertiary/aromatic N) is 1. The average molecular weight is 382 g/mol. The molecule has 0 spiro atoms. The molecule has 0 amide bonds. The monoisotopic (exact) mass is 381 g/mol. The minimum atomic E-state index is -3.60. The number of anilines is 2. The molecule has 1 aromatic heterocycles. The Hall–Kier alpha value is -2.86. The lowest BCUT2D eigenvalue weighted by atomic mass is 10.1. The molecule has 2 N–H and O–H groups in total. The van der Waals surface area contributed by atoms with Crippen LogP contribution >= 0.6 is 0 Å². The molecule has 0 aliphatic rings. The number of aromatic nitrogens is 1. The van der Waals surface area contributed by atoms with Crippen molar-refractivity contribution in [1.29, 1.82) is 0 Å². The first-order valence-corrected chi connectivity index (χ1v) is 10.3. The maximum absolute atomic E-state index is 12.4. The van der Waals surface area contributed by atoms with E-state index in [1.54, 1.807) is 36.4 Å². The Labute approximate surface area is 160 Å². The van der Waals surface area contributed by atoms with Crippen LogP contribution in [-0.4, -0.2) is 19.9 Å². The van der Waals surface area contributed by atoms with E-state index in [-0.39, 0.29) is 4.90 Å². The second kappa shape index (κ2) is 8.68. The summed E-state index contributed by atoms with van der Waals surface area (Å²) in [5, 5.41) is 3.25. The molecule has 6 heteroatoms. The van der Waals surface area contributed by atoms with Gasteiger partial charge in [-0.05, 0) is 49.6 Å². The zero-order valence-electron chi connectivity index (χ0n) is 15.2. The second-order valence-corrected chi connectivity index (χ2v) is 8.05. The molecule has 2 aromatic carbocycles. The van der Waals surface area contributed by atoms with Crippen LogP contribution in [0.3, 0.4) is 0 Å². The summed E-state index contributed by atoms with van der Waals surface area (Å²) < 4.78 is 27.3. The lowest BCUT2D eigenvalue weighted by Gasteiger charge is -2.10. The minimum Gasteiger partial charge on any atom is -0.370 e. The van der Waals surface area contributed by atoms with Gasteiger partial charge >= 0.3 is 0 Å². The van der Waals surface area contributed by atoms with Crippen LogP contribution in [0.1, 0.15) is 17.5 Å². The van der Waals surface area contributed by atoms with E-state index in [9.17, 15) is 8.42 Å². The van der Waals surface area contributed by atoms with Crippen molar-refractivity contribution in [3.05, 3.63) is 84.1 Å². The number of sulfonamides is 1. The van der Waals surface area contributed by atoms with E-state index >= 15 is 0 Å². The molecule has 0 saturated carbocycles. The lowest BCUT2D eigenvalue weighted by molar-refractivity contribution is 0.601.